The average Bonchev–Trinajstić information content (AvgIpc) is 3.26. The summed E-state index contributed by atoms with van der Waals surface area (Å²) in [4.78, 5) is 52.2. The molecule has 0 spiro atoms. The van der Waals surface area contributed by atoms with Gasteiger partial charge in [0.25, 0.3) is 11.8 Å². The molecule has 0 aromatic heterocycles. The monoisotopic (exact) mass is 419 g/mol. The molecule has 1 fully saturated rings. The summed E-state index contributed by atoms with van der Waals surface area (Å²) in [6, 6.07) is 14.6. The highest BCUT2D eigenvalue weighted by Crippen LogP contribution is 2.25. The number of imide groups is 1. The van der Waals surface area contributed by atoms with E-state index in [0.717, 1.165) is 11.3 Å². The summed E-state index contributed by atoms with van der Waals surface area (Å²) in [5.41, 5.74) is 2.85. The summed E-state index contributed by atoms with van der Waals surface area (Å²) < 4.78 is 0. The van der Waals surface area contributed by atoms with Gasteiger partial charge in [-0.25, -0.2) is 0 Å². The molecule has 2 heterocycles. The predicted molar refractivity (Wildman–Crippen MR) is 116 cm³/mol. The van der Waals surface area contributed by atoms with Gasteiger partial charge in [0.2, 0.25) is 11.8 Å². The summed E-state index contributed by atoms with van der Waals surface area (Å²) in [6.45, 7) is 3.22. The minimum Gasteiger partial charge on any atom is -0.356 e. The second kappa shape index (κ2) is 8.71. The second-order valence-electron chi connectivity index (χ2n) is 8.13. The number of benzene rings is 2. The van der Waals surface area contributed by atoms with Gasteiger partial charge >= 0.3 is 0 Å². The topological polar surface area (TPSA) is 86.8 Å². The van der Waals surface area contributed by atoms with Gasteiger partial charge in [0, 0.05) is 44.1 Å². The fraction of sp³-hybridized carbons (Fsp3) is 0.333. The number of fused-ring (bicyclic) bond motifs is 1. The molecule has 1 saturated heterocycles. The van der Waals surface area contributed by atoms with Gasteiger partial charge in [0.05, 0.1) is 11.1 Å². The van der Waals surface area contributed by atoms with Crippen LogP contribution in [0.15, 0.2) is 48.5 Å². The summed E-state index contributed by atoms with van der Waals surface area (Å²) in [7, 11) is 0. The molecule has 160 valence electrons. The number of anilines is 1. The summed E-state index contributed by atoms with van der Waals surface area (Å²) in [5.74, 6) is -0.621. The maximum Gasteiger partial charge on any atom is 0.261 e. The van der Waals surface area contributed by atoms with Crippen LogP contribution < -0.4 is 10.2 Å². The molecule has 0 aliphatic carbocycles. The zero-order chi connectivity index (χ0) is 22.0. The summed E-state index contributed by atoms with van der Waals surface area (Å²) in [5, 5.41) is 2.89. The Kier molecular flexibility index (Phi) is 5.84. The van der Waals surface area contributed by atoms with E-state index in [9.17, 15) is 19.2 Å². The SMILES string of the molecule is Cc1ccc(N2CC(CNC(=O)CCCN3C(=O)c4ccccc4C3=O)CC2=O)cc1. The highest BCUT2D eigenvalue weighted by Gasteiger charge is 2.34. The van der Waals surface area contributed by atoms with Gasteiger partial charge in [-0.1, -0.05) is 29.8 Å². The lowest BCUT2D eigenvalue weighted by atomic mass is 10.1. The Balaban J connectivity index is 1.21. The van der Waals surface area contributed by atoms with E-state index in [1.807, 2.05) is 31.2 Å². The lowest BCUT2D eigenvalue weighted by molar-refractivity contribution is -0.121. The molecule has 0 radical (unpaired) electrons. The number of hydrogen-bond donors (Lipinski definition) is 1. The molecule has 0 bridgehead atoms. The van der Waals surface area contributed by atoms with Crippen LogP contribution in [0.5, 0.6) is 0 Å². The molecular formula is C24H25N3O4. The normalized spacial score (nSPS) is 18.0. The lowest BCUT2D eigenvalue weighted by Gasteiger charge is -2.17. The third-order valence-corrected chi connectivity index (χ3v) is 5.80. The number of hydrogen-bond acceptors (Lipinski definition) is 4. The Hall–Kier alpha value is -3.48. The molecule has 1 atom stereocenters. The molecule has 4 amide bonds. The Morgan fingerprint density at radius 3 is 2.29 bits per heavy atom. The van der Waals surface area contributed by atoms with Crippen LogP contribution in [0, 0.1) is 12.8 Å². The van der Waals surface area contributed by atoms with Crippen molar-refractivity contribution < 1.29 is 19.2 Å². The number of amides is 4. The quantitative estimate of drug-likeness (QED) is 0.699. The largest absolute Gasteiger partial charge is 0.356 e. The van der Waals surface area contributed by atoms with Gasteiger partial charge in [-0.2, -0.15) is 0 Å². The van der Waals surface area contributed by atoms with Crippen LogP contribution in [0.1, 0.15) is 45.5 Å². The highest BCUT2D eigenvalue weighted by molar-refractivity contribution is 6.21. The van der Waals surface area contributed by atoms with Crippen molar-refractivity contribution in [3.8, 4) is 0 Å². The molecule has 2 aliphatic heterocycles. The lowest BCUT2D eigenvalue weighted by Crippen LogP contribution is -2.33. The van der Waals surface area contributed by atoms with Crippen LogP contribution in [0.4, 0.5) is 5.69 Å². The Morgan fingerprint density at radius 1 is 1.00 bits per heavy atom. The van der Waals surface area contributed by atoms with E-state index in [1.165, 1.54) is 4.90 Å². The molecule has 2 aliphatic rings. The molecule has 31 heavy (non-hydrogen) atoms. The zero-order valence-electron chi connectivity index (χ0n) is 17.5. The van der Waals surface area contributed by atoms with E-state index in [4.69, 9.17) is 0 Å². The number of nitrogens with one attached hydrogen (secondary N) is 1. The fourth-order valence-corrected chi connectivity index (χ4v) is 4.08. The number of rotatable bonds is 7. The first kappa shape index (κ1) is 20.8. The Morgan fingerprint density at radius 2 is 1.65 bits per heavy atom. The molecule has 7 nitrogen and oxygen atoms in total. The molecule has 2 aromatic rings. The predicted octanol–water partition coefficient (Wildman–Crippen LogP) is 2.54. The van der Waals surface area contributed by atoms with Crippen molar-refractivity contribution in [1.82, 2.24) is 10.2 Å². The van der Waals surface area contributed by atoms with Crippen LogP contribution in [0.2, 0.25) is 0 Å². The highest BCUT2D eigenvalue weighted by atomic mass is 16.2. The van der Waals surface area contributed by atoms with E-state index in [2.05, 4.69) is 5.32 Å². The first-order valence-electron chi connectivity index (χ1n) is 10.5. The standard InChI is InChI=1S/C24H25N3O4/c1-16-8-10-18(11-9-16)27-15-17(13-22(27)29)14-25-21(28)7-4-12-26-23(30)19-5-2-3-6-20(19)24(26)31/h2-3,5-6,8-11,17H,4,7,12-15H2,1H3,(H,25,28). The summed E-state index contributed by atoms with van der Waals surface area (Å²) >= 11 is 0. The van der Waals surface area contributed by atoms with Gasteiger partial charge < -0.3 is 10.2 Å². The van der Waals surface area contributed by atoms with Crippen molar-refractivity contribution >= 4 is 29.3 Å². The van der Waals surface area contributed by atoms with Crippen LogP contribution in [-0.2, 0) is 9.59 Å². The molecule has 7 heteroatoms. The minimum atomic E-state index is -0.304. The molecule has 1 N–H and O–H groups in total. The van der Waals surface area contributed by atoms with Crippen LogP contribution >= 0.6 is 0 Å². The summed E-state index contributed by atoms with van der Waals surface area (Å²) in [6.07, 6.45) is 1.02. The maximum absolute atomic E-state index is 12.3. The van der Waals surface area contributed by atoms with Crippen molar-refractivity contribution in [2.24, 2.45) is 5.92 Å². The van der Waals surface area contributed by atoms with Crippen LogP contribution in [0.3, 0.4) is 0 Å². The second-order valence-corrected chi connectivity index (χ2v) is 8.13. The third-order valence-electron chi connectivity index (χ3n) is 5.80. The first-order chi connectivity index (χ1) is 14.9. The number of nitrogens with zero attached hydrogens (tertiary/aromatic N) is 2. The number of carbonyl (C=O) groups is 4. The number of carbonyl (C=O) groups excluding carboxylic acids is 4. The molecule has 4 rings (SSSR count). The van der Waals surface area contributed by atoms with Crippen molar-refractivity contribution in [2.75, 3.05) is 24.5 Å². The van der Waals surface area contributed by atoms with Gasteiger partial charge in [0.15, 0.2) is 0 Å². The first-order valence-corrected chi connectivity index (χ1v) is 10.5. The Labute approximate surface area is 181 Å². The molecule has 0 saturated carbocycles. The van der Waals surface area contributed by atoms with Crippen LogP contribution in [-0.4, -0.2) is 48.2 Å². The van der Waals surface area contributed by atoms with E-state index in [1.54, 1.807) is 29.2 Å². The molecular weight excluding hydrogens is 394 g/mol. The Bertz CT molecular complexity index is 996. The van der Waals surface area contributed by atoms with Gasteiger partial charge in [0.1, 0.15) is 0 Å². The third kappa shape index (κ3) is 4.35. The zero-order valence-corrected chi connectivity index (χ0v) is 17.5. The fourth-order valence-electron chi connectivity index (χ4n) is 4.08. The van der Waals surface area contributed by atoms with E-state index in [-0.39, 0.29) is 42.5 Å². The van der Waals surface area contributed by atoms with Crippen LogP contribution in [0.25, 0.3) is 0 Å². The smallest absolute Gasteiger partial charge is 0.261 e. The average molecular weight is 419 g/mol. The van der Waals surface area contributed by atoms with Crippen molar-refractivity contribution in [3.63, 3.8) is 0 Å². The van der Waals surface area contributed by atoms with Crippen molar-refractivity contribution in [3.05, 3.63) is 65.2 Å². The minimum absolute atomic E-state index is 0.0636. The van der Waals surface area contributed by atoms with Gasteiger partial charge in [-0.05, 0) is 37.6 Å². The van der Waals surface area contributed by atoms with Crippen molar-refractivity contribution in [2.45, 2.75) is 26.2 Å². The van der Waals surface area contributed by atoms with E-state index in [0.29, 0.717) is 37.1 Å². The van der Waals surface area contributed by atoms with E-state index >= 15 is 0 Å². The van der Waals surface area contributed by atoms with Gasteiger partial charge in [-0.3, -0.25) is 24.1 Å². The number of aryl methyl sites for hydroxylation is 1. The maximum atomic E-state index is 12.3. The van der Waals surface area contributed by atoms with Gasteiger partial charge in [-0.15, -0.1) is 0 Å². The van der Waals surface area contributed by atoms with E-state index < -0.39 is 0 Å². The molecule has 1 unspecified atom stereocenters. The van der Waals surface area contributed by atoms with Crippen molar-refractivity contribution in [1.29, 1.82) is 0 Å². The molecule has 2 aromatic carbocycles.